The van der Waals surface area contributed by atoms with E-state index < -0.39 is 36.0 Å². The molecule has 9 heteroatoms. The van der Waals surface area contributed by atoms with Gasteiger partial charge in [-0.15, -0.1) is 0 Å². The average Bonchev–Trinajstić information content (AvgIpc) is 2.89. The summed E-state index contributed by atoms with van der Waals surface area (Å²) in [6, 6.07) is 5.77. The first-order valence-electron chi connectivity index (χ1n) is 8.53. The molecule has 0 spiro atoms. The number of aliphatic hydroxyl groups is 1. The highest BCUT2D eigenvalue weighted by Crippen LogP contribution is 2.29. The number of carbonyl (C=O) groups is 3. The van der Waals surface area contributed by atoms with Crippen molar-refractivity contribution in [3.8, 4) is 5.75 Å². The number of ether oxygens (including phenoxy) is 1. The van der Waals surface area contributed by atoms with Crippen LogP contribution in [0.15, 0.2) is 24.3 Å². The van der Waals surface area contributed by atoms with Crippen molar-refractivity contribution in [3.63, 3.8) is 0 Å². The van der Waals surface area contributed by atoms with Gasteiger partial charge in [-0.3, -0.25) is 14.5 Å². The van der Waals surface area contributed by atoms with E-state index in [0.717, 1.165) is 10.7 Å². The Morgan fingerprint density at radius 1 is 1.37 bits per heavy atom. The Kier molecular flexibility index (Phi) is 7.09. The van der Waals surface area contributed by atoms with Crippen LogP contribution in [0.2, 0.25) is 0 Å². The van der Waals surface area contributed by atoms with E-state index in [1.54, 1.807) is 50.1 Å². The van der Waals surface area contributed by atoms with E-state index in [1.807, 2.05) is 6.26 Å². The van der Waals surface area contributed by atoms with E-state index in [4.69, 9.17) is 4.74 Å². The number of urea groups is 1. The van der Waals surface area contributed by atoms with Gasteiger partial charge < -0.3 is 20.5 Å². The number of benzene rings is 1. The molecule has 3 N–H and O–H groups in total. The summed E-state index contributed by atoms with van der Waals surface area (Å²) in [6.07, 6.45) is 2.54. The number of aliphatic hydroxyl groups excluding tert-OH is 1. The van der Waals surface area contributed by atoms with Crippen LogP contribution in [0.4, 0.5) is 4.79 Å². The molecule has 1 saturated heterocycles. The Labute approximate surface area is 162 Å². The Morgan fingerprint density at radius 2 is 2.04 bits per heavy atom. The first-order chi connectivity index (χ1) is 12.8. The smallest absolute Gasteiger partial charge is 0.325 e. The number of hydrogen-bond donors (Lipinski definition) is 3. The minimum Gasteiger partial charge on any atom is -0.497 e. The third kappa shape index (κ3) is 4.72. The Hall–Kier alpha value is -2.26. The van der Waals surface area contributed by atoms with Crippen LogP contribution >= 0.6 is 11.8 Å². The maximum absolute atomic E-state index is 12.8. The molecule has 2 atom stereocenters. The molecule has 8 nitrogen and oxygen atoms in total. The fourth-order valence-corrected chi connectivity index (χ4v) is 3.37. The molecule has 4 amide bonds. The zero-order valence-electron chi connectivity index (χ0n) is 15.7. The molecular weight excluding hydrogens is 370 g/mol. The molecule has 0 aromatic heterocycles. The molecule has 1 heterocycles. The standard InChI is InChI=1S/C18H25N3O5S/c1-18(12-4-6-14(26-2)7-5-12)16(24)21(17(25)20-18)10-15(23)19-13(11-22)8-9-27-3/h4-7,13,22H,8-11H2,1-3H3,(H,19,23)(H,20,25)/t13-,18-/m1/s1. The molecule has 0 bridgehead atoms. The predicted molar refractivity (Wildman–Crippen MR) is 103 cm³/mol. The maximum Gasteiger partial charge on any atom is 0.325 e. The van der Waals surface area contributed by atoms with Gasteiger partial charge in [0.1, 0.15) is 17.8 Å². The monoisotopic (exact) mass is 395 g/mol. The molecule has 0 saturated carbocycles. The number of rotatable bonds is 9. The fraction of sp³-hybridized carbons (Fsp3) is 0.500. The number of nitrogens with zero attached hydrogens (tertiary/aromatic N) is 1. The van der Waals surface area contributed by atoms with Gasteiger partial charge in [0.15, 0.2) is 0 Å². The van der Waals surface area contributed by atoms with Crippen molar-refractivity contribution in [2.24, 2.45) is 0 Å². The van der Waals surface area contributed by atoms with Gasteiger partial charge in [-0.05, 0) is 43.0 Å². The lowest BCUT2D eigenvalue weighted by Crippen LogP contribution is -2.46. The van der Waals surface area contributed by atoms with Crippen molar-refractivity contribution in [1.29, 1.82) is 0 Å². The van der Waals surface area contributed by atoms with E-state index in [9.17, 15) is 19.5 Å². The van der Waals surface area contributed by atoms with Crippen LogP contribution in [0.25, 0.3) is 0 Å². The average molecular weight is 395 g/mol. The summed E-state index contributed by atoms with van der Waals surface area (Å²) in [7, 11) is 1.54. The largest absolute Gasteiger partial charge is 0.497 e. The second kappa shape index (κ2) is 9.09. The number of methoxy groups -OCH3 is 1. The first kappa shape index (κ1) is 21.0. The SMILES string of the molecule is COc1ccc([C@@]2(C)NC(=O)N(CC(=O)N[C@@H](CO)CCSC)C2=O)cc1. The molecule has 0 aliphatic carbocycles. The molecular formula is C18H25N3O5S. The second-order valence-corrected chi connectivity index (χ2v) is 7.39. The van der Waals surface area contributed by atoms with Crippen LogP contribution in [-0.2, 0) is 15.1 Å². The van der Waals surface area contributed by atoms with Crippen molar-refractivity contribution in [3.05, 3.63) is 29.8 Å². The highest BCUT2D eigenvalue weighted by Gasteiger charge is 2.49. The molecule has 1 aliphatic rings. The van der Waals surface area contributed by atoms with E-state index in [0.29, 0.717) is 17.7 Å². The predicted octanol–water partition coefficient (Wildman–Crippen LogP) is 0.692. The molecule has 1 aliphatic heterocycles. The lowest BCUT2D eigenvalue weighted by molar-refractivity contribution is -0.135. The van der Waals surface area contributed by atoms with Crippen LogP contribution in [0.1, 0.15) is 18.9 Å². The molecule has 2 rings (SSSR count). The lowest BCUT2D eigenvalue weighted by Gasteiger charge is -2.22. The summed E-state index contributed by atoms with van der Waals surface area (Å²) in [6.45, 7) is 1.00. The number of carbonyl (C=O) groups excluding carboxylic acids is 3. The molecule has 148 valence electrons. The highest BCUT2D eigenvalue weighted by molar-refractivity contribution is 7.98. The van der Waals surface area contributed by atoms with Crippen molar-refractivity contribution in [1.82, 2.24) is 15.5 Å². The fourth-order valence-electron chi connectivity index (χ4n) is 2.85. The van der Waals surface area contributed by atoms with Gasteiger partial charge in [-0.25, -0.2) is 4.79 Å². The van der Waals surface area contributed by atoms with Gasteiger partial charge in [-0.1, -0.05) is 12.1 Å². The van der Waals surface area contributed by atoms with Crippen molar-refractivity contribution < 1.29 is 24.2 Å². The van der Waals surface area contributed by atoms with E-state index in [2.05, 4.69) is 10.6 Å². The number of nitrogens with one attached hydrogen (secondary N) is 2. The molecule has 1 aromatic carbocycles. The van der Waals surface area contributed by atoms with E-state index in [1.165, 1.54) is 0 Å². The van der Waals surface area contributed by atoms with Gasteiger partial charge in [0.2, 0.25) is 5.91 Å². The van der Waals surface area contributed by atoms with Gasteiger partial charge in [-0.2, -0.15) is 11.8 Å². The van der Waals surface area contributed by atoms with E-state index >= 15 is 0 Å². The first-order valence-corrected chi connectivity index (χ1v) is 9.93. The summed E-state index contributed by atoms with van der Waals surface area (Å²) in [5, 5.41) is 14.7. The summed E-state index contributed by atoms with van der Waals surface area (Å²) in [5.74, 6) is 0.426. The van der Waals surface area contributed by atoms with Crippen LogP contribution in [0.5, 0.6) is 5.75 Å². The van der Waals surface area contributed by atoms with Gasteiger partial charge in [0.05, 0.1) is 19.8 Å². The summed E-state index contributed by atoms with van der Waals surface area (Å²) in [4.78, 5) is 38.3. The van der Waals surface area contributed by atoms with E-state index in [-0.39, 0.29) is 6.61 Å². The van der Waals surface area contributed by atoms with Crippen LogP contribution in [0, 0.1) is 0 Å². The minimum absolute atomic E-state index is 0.198. The molecule has 0 unspecified atom stereocenters. The van der Waals surface area contributed by atoms with Crippen LogP contribution < -0.4 is 15.4 Å². The highest BCUT2D eigenvalue weighted by atomic mass is 32.2. The van der Waals surface area contributed by atoms with Crippen LogP contribution in [-0.4, -0.2) is 66.2 Å². The van der Waals surface area contributed by atoms with Gasteiger partial charge in [0, 0.05) is 0 Å². The summed E-state index contributed by atoms with van der Waals surface area (Å²) >= 11 is 1.61. The summed E-state index contributed by atoms with van der Waals surface area (Å²) in [5.41, 5.74) is -0.656. The van der Waals surface area contributed by atoms with Crippen LogP contribution in [0.3, 0.4) is 0 Å². The quantitative estimate of drug-likeness (QED) is 0.531. The minimum atomic E-state index is -1.25. The second-order valence-electron chi connectivity index (χ2n) is 6.40. The number of thioether (sulfide) groups is 1. The van der Waals surface area contributed by atoms with Gasteiger partial charge >= 0.3 is 6.03 Å². The summed E-state index contributed by atoms with van der Waals surface area (Å²) < 4.78 is 5.10. The maximum atomic E-state index is 12.8. The zero-order chi connectivity index (χ0) is 20.0. The Balaban J connectivity index is 2.07. The molecule has 27 heavy (non-hydrogen) atoms. The number of hydrogen-bond acceptors (Lipinski definition) is 6. The van der Waals surface area contributed by atoms with Crippen molar-refractivity contribution in [2.45, 2.75) is 24.9 Å². The topological polar surface area (TPSA) is 108 Å². The number of imide groups is 1. The third-order valence-corrected chi connectivity index (χ3v) is 5.14. The van der Waals surface area contributed by atoms with Crippen molar-refractivity contribution in [2.75, 3.05) is 32.3 Å². The number of amides is 4. The Bertz CT molecular complexity index is 697. The molecule has 1 aromatic rings. The third-order valence-electron chi connectivity index (χ3n) is 4.50. The molecule has 0 radical (unpaired) electrons. The normalized spacial score (nSPS) is 20.4. The zero-order valence-corrected chi connectivity index (χ0v) is 16.5. The molecule has 1 fully saturated rings. The lowest BCUT2D eigenvalue weighted by atomic mass is 9.92. The van der Waals surface area contributed by atoms with Gasteiger partial charge in [0.25, 0.3) is 5.91 Å². The Morgan fingerprint density at radius 3 is 2.59 bits per heavy atom. The van der Waals surface area contributed by atoms with Crippen molar-refractivity contribution >= 4 is 29.6 Å².